The lowest BCUT2D eigenvalue weighted by molar-refractivity contribution is 0.0327. The number of carbonyl (C=O) groups excluding carboxylic acids is 1. The van der Waals surface area contributed by atoms with Gasteiger partial charge in [0.05, 0.1) is 11.3 Å². The Morgan fingerprint density at radius 3 is 2.38 bits per heavy atom. The number of carbonyl (C=O) groups is 1. The number of anilines is 1. The molecule has 4 nitrogen and oxygen atoms in total. The van der Waals surface area contributed by atoms with E-state index in [9.17, 15) is 4.79 Å². The van der Waals surface area contributed by atoms with Crippen LogP contribution in [0.5, 0.6) is 0 Å². The molecule has 106 valence electrons. The summed E-state index contributed by atoms with van der Waals surface area (Å²) in [6, 6.07) is 18.7. The van der Waals surface area contributed by atoms with Gasteiger partial charge in [-0.15, -0.1) is 0 Å². The maximum Gasteiger partial charge on any atom is 0.340 e. The van der Waals surface area contributed by atoms with Crippen molar-refractivity contribution in [3.05, 3.63) is 66.2 Å². The summed E-state index contributed by atoms with van der Waals surface area (Å²) in [4.78, 5) is 12.2. The van der Waals surface area contributed by atoms with E-state index in [0.29, 0.717) is 12.0 Å². The number of hydrogen-bond donors (Lipinski definition) is 0. The van der Waals surface area contributed by atoms with Crippen LogP contribution in [-0.4, -0.2) is 17.9 Å². The standard InChI is InChI=1S/C17H16N2O2/c1-13-12-16(19(18-13)15-10-6-3-7-11-15)21-17(20)14-8-4-2-5-9-14/h2-11,16H,12H2,1H3. The van der Waals surface area contributed by atoms with Gasteiger partial charge in [0.15, 0.2) is 0 Å². The molecule has 1 aliphatic heterocycles. The number of benzene rings is 2. The summed E-state index contributed by atoms with van der Waals surface area (Å²) in [5.74, 6) is -0.327. The average Bonchev–Trinajstić information content (AvgIpc) is 2.89. The summed E-state index contributed by atoms with van der Waals surface area (Å²) in [5, 5.41) is 6.22. The normalized spacial score (nSPS) is 17.5. The molecule has 1 atom stereocenters. The Bertz CT molecular complexity index is 653. The zero-order chi connectivity index (χ0) is 14.7. The van der Waals surface area contributed by atoms with E-state index in [1.165, 1.54) is 0 Å². The summed E-state index contributed by atoms with van der Waals surface area (Å²) in [7, 11) is 0. The summed E-state index contributed by atoms with van der Waals surface area (Å²) >= 11 is 0. The van der Waals surface area contributed by atoms with E-state index in [1.54, 1.807) is 17.1 Å². The van der Waals surface area contributed by atoms with Crippen LogP contribution >= 0.6 is 0 Å². The van der Waals surface area contributed by atoms with Gasteiger partial charge in [-0.3, -0.25) is 0 Å². The molecule has 0 bridgehead atoms. The fraction of sp³-hybridized carbons (Fsp3) is 0.176. The molecule has 1 aliphatic rings. The zero-order valence-electron chi connectivity index (χ0n) is 11.8. The quantitative estimate of drug-likeness (QED) is 0.809. The first-order valence-corrected chi connectivity index (χ1v) is 6.88. The minimum absolute atomic E-state index is 0.327. The summed E-state index contributed by atoms with van der Waals surface area (Å²) < 4.78 is 5.61. The van der Waals surface area contributed by atoms with Crippen LogP contribution in [-0.2, 0) is 4.74 Å². The third-order valence-corrected chi connectivity index (χ3v) is 3.29. The fourth-order valence-corrected chi connectivity index (χ4v) is 2.29. The topological polar surface area (TPSA) is 41.9 Å². The predicted molar refractivity (Wildman–Crippen MR) is 82.3 cm³/mol. The minimum atomic E-state index is -0.389. The van der Waals surface area contributed by atoms with Crippen molar-refractivity contribution in [3.8, 4) is 0 Å². The van der Waals surface area contributed by atoms with E-state index in [1.807, 2.05) is 55.5 Å². The Labute approximate surface area is 123 Å². The van der Waals surface area contributed by atoms with E-state index in [0.717, 1.165) is 11.4 Å². The number of para-hydroxylation sites is 1. The highest BCUT2D eigenvalue weighted by molar-refractivity contribution is 5.91. The number of rotatable bonds is 3. The lowest BCUT2D eigenvalue weighted by atomic mass is 10.2. The molecule has 2 aromatic carbocycles. The monoisotopic (exact) mass is 280 g/mol. The second kappa shape index (κ2) is 5.79. The Balaban J connectivity index is 1.77. The molecule has 0 aromatic heterocycles. The molecule has 0 saturated heterocycles. The lowest BCUT2D eigenvalue weighted by Crippen LogP contribution is -2.31. The highest BCUT2D eigenvalue weighted by Crippen LogP contribution is 2.25. The number of hydrogen-bond acceptors (Lipinski definition) is 4. The predicted octanol–water partition coefficient (Wildman–Crippen LogP) is 3.46. The molecule has 0 N–H and O–H groups in total. The van der Waals surface area contributed by atoms with E-state index in [4.69, 9.17) is 4.74 Å². The molecule has 0 aliphatic carbocycles. The van der Waals surface area contributed by atoms with Gasteiger partial charge in [0.2, 0.25) is 6.23 Å². The van der Waals surface area contributed by atoms with Gasteiger partial charge >= 0.3 is 5.97 Å². The van der Waals surface area contributed by atoms with Crippen molar-refractivity contribution in [1.29, 1.82) is 0 Å². The molecule has 4 heteroatoms. The van der Waals surface area contributed by atoms with Gasteiger partial charge in [0, 0.05) is 12.1 Å². The molecule has 0 radical (unpaired) electrons. The first kappa shape index (κ1) is 13.4. The molecule has 21 heavy (non-hydrogen) atoms. The van der Waals surface area contributed by atoms with Gasteiger partial charge in [-0.25, -0.2) is 9.80 Å². The van der Waals surface area contributed by atoms with Crippen molar-refractivity contribution in [2.75, 3.05) is 5.01 Å². The largest absolute Gasteiger partial charge is 0.436 e. The summed E-state index contributed by atoms with van der Waals surface area (Å²) in [6.45, 7) is 1.94. The highest BCUT2D eigenvalue weighted by Gasteiger charge is 2.29. The smallest absolute Gasteiger partial charge is 0.340 e. The van der Waals surface area contributed by atoms with Gasteiger partial charge in [-0.2, -0.15) is 5.10 Å². The van der Waals surface area contributed by atoms with Crippen molar-refractivity contribution >= 4 is 17.4 Å². The molecule has 0 spiro atoms. The maximum absolute atomic E-state index is 12.2. The minimum Gasteiger partial charge on any atom is -0.436 e. The van der Waals surface area contributed by atoms with Gasteiger partial charge in [0.25, 0.3) is 0 Å². The van der Waals surface area contributed by atoms with Gasteiger partial charge in [0.1, 0.15) is 0 Å². The lowest BCUT2D eigenvalue weighted by Gasteiger charge is -2.23. The average molecular weight is 280 g/mol. The molecule has 3 rings (SSSR count). The number of hydrazone groups is 1. The van der Waals surface area contributed by atoms with Gasteiger partial charge < -0.3 is 4.74 Å². The van der Waals surface area contributed by atoms with Crippen molar-refractivity contribution in [3.63, 3.8) is 0 Å². The first-order chi connectivity index (χ1) is 10.2. The Morgan fingerprint density at radius 2 is 1.71 bits per heavy atom. The van der Waals surface area contributed by atoms with Crippen LogP contribution in [0.15, 0.2) is 65.8 Å². The van der Waals surface area contributed by atoms with E-state index < -0.39 is 0 Å². The second-order valence-corrected chi connectivity index (χ2v) is 4.95. The molecule has 2 aromatic rings. The molecular weight excluding hydrogens is 264 g/mol. The fourth-order valence-electron chi connectivity index (χ4n) is 2.29. The van der Waals surface area contributed by atoms with Crippen molar-refractivity contribution in [2.24, 2.45) is 5.10 Å². The molecule has 1 heterocycles. The van der Waals surface area contributed by atoms with Crippen molar-refractivity contribution in [2.45, 2.75) is 19.6 Å². The number of ether oxygens (including phenoxy) is 1. The van der Waals surface area contributed by atoms with Crippen LogP contribution < -0.4 is 5.01 Å². The van der Waals surface area contributed by atoms with Crippen LogP contribution in [0.25, 0.3) is 0 Å². The SMILES string of the molecule is CC1=NN(c2ccccc2)C(OC(=O)c2ccccc2)C1. The highest BCUT2D eigenvalue weighted by atomic mass is 16.6. The van der Waals surface area contributed by atoms with Crippen molar-refractivity contribution in [1.82, 2.24) is 0 Å². The molecule has 0 fully saturated rings. The molecule has 0 amide bonds. The molecule has 1 unspecified atom stereocenters. The van der Waals surface area contributed by atoms with Crippen LogP contribution in [0.2, 0.25) is 0 Å². The third-order valence-electron chi connectivity index (χ3n) is 3.29. The number of esters is 1. The van der Waals surface area contributed by atoms with Crippen LogP contribution in [0, 0.1) is 0 Å². The maximum atomic E-state index is 12.2. The van der Waals surface area contributed by atoms with E-state index in [-0.39, 0.29) is 12.2 Å². The third kappa shape index (κ3) is 2.94. The van der Waals surface area contributed by atoms with Crippen LogP contribution in [0.1, 0.15) is 23.7 Å². The Morgan fingerprint density at radius 1 is 1.10 bits per heavy atom. The molecule has 0 saturated carbocycles. The van der Waals surface area contributed by atoms with Crippen molar-refractivity contribution < 1.29 is 9.53 Å². The van der Waals surface area contributed by atoms with Gasteiger partial charge in [-0.05, 0) is 31.2 Å². The van der Waals surface area contributed by atoms with Gasteiger partial charge in [-0.1, -0.05) is 36.4 Å². The van der Waals surface area contributed by atoms with E-state index in [2.05, 4.69) is 5.10 Å². The van der Waals surface area contributed by atoms with Crippen LogP contribution in [0.3, 0.4) is 0 Å². The number of nitrogens with zero attached hydrogens (tertiary/aromatic N) is 2. The zero-order valence-corrected chi connectivity index (χ0v) is 11.8. The van der Waals surface area contributed by atoms with E-state index >= 15 is 0 Å². The second-order valence-electron chi connectivity index (χ2n) is 4.95. The Kier molecular flexibility index (Phi) is 3.69. The summed E-state index contributed by atoms with van der Waals surface area (Å²) in [5.41, 5.74) is 2.42. The Hall–Kier alpha value is -2.62. The molecular formula is C17H16N2O2. The first-order valence-electron chi connectivity index (χ1n) is 6.88. The summed E-state index contributed by atoms with van der Waals surface area (Å²) in [6.07, 6.45) is 0.230. The van der Waals surface area contributed by atoms with Crippen LogP contribution in [0.4, 0.5) is 5.69 Å².